The Kier molecular flexibility index (Phi) is 5.52. The van der Waals surface area contributed by atoms with E-state index in [9.17, 15) is 4.79 Å². The zero-order chi connectivity index (χ0) is 14.6. The van der Waals surface area contributed by atoms with Crippen molar-refractivity contribution in [1.29, 1.82) is 0 Å². The summed E-state index contributed by atoms with van der Waals surface area (Å²) in [4.78, 5) is 12.1. The molecule has 0 saturated heterocycles. The van der Waals surface area contributed by atoms with Gasteiger partial charge in [0.2, 0.25) is 5.91 Å². The van der Waals surface area contributed by atoms with Crippen molar-refractivity contribution in [3.8, 4) is 0 Å². The van der Waals surface area contributed by atoms with Crippen molar-refractivity contribution >= 4 is 27.5 Å². The fraction of sp³-hybridized carbons (Fsp3) is 0.500. The van der Waals surface area contributed by atoms with Gasteiger partial charge in [-0.3, -0.25) is 4.79 Å². The zero-order valence-electron chi connectivity index (χ0n) is 11.8. The van der Waals surface area contributed by atoms with Crippen molar-refractivity contribution in [1.82, 2.24) is 0 Å². The third-order valence-corrected chi connectivity index (χ3v) is 3.62. The Bertz CT molecular complexity index is 455. The molecule has 0 aromatic heterocycles. The molecule has 4 nitrogen and oxygen atoms in total. The lowest BCUT2D eigenvalue weighted by atomic mass is 9.87. The Hall–Kier alpha value is -0.910. The number of halogens is 1. The number of rotatable bonds is 4. The minimum absolute atomic E-state index is 0.192. The minimum atomic E-state index is -0.568. The number of carbonyl (C=O) groups excluding carboxylic acids is 1. The fourth-order valence-electron chi connectivity index (χ4n) is 1.57. The quantitative estimate of drug-likeness (QED) is 0.893. The van der Waals surface area contributed by atoms with Crippen LogP contribution in [0.15, 0.2) is 22.7 Å². The molecule has 0 aliphatic heterocycles. The van der Waals surface area contributed by atoms with Crippen LogP contribution >= 0.6 is 15.9 Å². The number of anilines is 1. The highest BCUT2D eigenvalue weighted by molar-refractivity contribution is 9.10. The summed E-state index contributed by atoms with van der Waals surface area (Å²) < 4.78 is 6.05. The molecule has 0 unspecified atom stereocenters. The van der Waals surface area contributed by atoms with Gasteiger partial charge in [-0.1, -0.05) is 42.8 Å². The molecule has 3 N–H and O–H groups in total. The van der Waals surface area contributed by atoms with Crippen LogP contribution in [0.2, 0.25) is 0 Å². The number of nitrogens with one attached hydrogen (secondary N) is 1. The summed E-state index contributed by atoms with van der Waals surface area (Å²) >= 11 is 3.45. The number of methoxy groups -OCH3 is 1. The van der Waals surface area contributed by atoms with Gasteiger partial charge in [-0.25, -0.2) is 0 Å². The topological polar surface area (TPSA) is 64.3 Å². The van der Waals surface area contributed by atoms with Crippen LogP contribution in [0.5, 0.6) is 0 Å². The average Bonchev–Trinajstić information content (AvgIpc) is 2.31. The monoisotopic (exact) mass is 328 g/mol. The van der Waals surface area contributed by atoms with Crippen LogP contribution in [-0.2, 0) is 16.1 Å². The van der Waals surface area contributed by atoms with Gasteiger partial charge in [-0.2, -0.15) is 0 Å². The van der Waals surface area contributed by atoms with E-state index in [0.29, 0.717) is 6.61 Å². The highest BCUT2D eigenvalue weighted by Crippen LogP contribution is 2.26. The second-order valence-corrected chi connectivity index (χ2v) is 6.39. The molecule has 0 aliphatic carbocycles. The first-order valence-electron chi connectivity index (χ1n) is 6.10. The molecule has 19 heavy (non-hydrogen) atoms. The van der Waals surface area contributed by atoms with E-state index < -0.39 is 6.04 Å². The van der Waals surface area contributed by atoms with Crippen molar-refractivity contribution in [2.24, 2.45) is 11.1 Å². The molecule has 1 aromatic carbocycles. The average molecular weight is 329 g/mol. The number of benzene rings is 1. The summed E-state index contributed by atoms with van der Waals surface area (Å²) in [5, 5.41) is 2.87. The molecule has 1 rings (SSSR count). The first-order valence-corrected chi connectivity index (χ1v) is 6.89. The molecule has 0 heterocycles. The van der Waals surface area contributed by atoms with Gasteiger partial charge in [0.15, 0.2) is 0 Å². The Morgan fingerprint density at radius 1 is 1.47 bits per heavy atom. The normalized spacial score (nSPS) is 13.2. The largest absolute Gasteiger partial charge is 0.380 e. The first-order chi connectivity index (χ1) is 8.77. The van der Waals surface area contributed by atoms with Gasteiger partial charge in [0.05, 0.1) is 12.6 Å². The lowest BCUT2D eigenvalue weighted by molar-refractivity contribution is -0.119. The van der Waals surface area contributed by atoms with E-state index in [0.717, 1.165) is 15.7 Å². The van der Waals surface area contributed by atoms with E-state index in [1.807, 2.05) is 39.0 Å². The Morgan fingerprint density at radius 3 is 2.63 bits per heavy atom. The lowest BCUT2D eigenvalue weighted by Gasteiger charge is -2.26. The van der Waals surface area contributed by atoms with Gasteiger partial charge in [0.25, 0.3) is 0 Å². The summed E-state index contributed by atoms with van der Waals surface area (Å²) in [6.45, 7) is 6.23. The second kappa shape index (κ2) is 6.50. The number of hydrogen-bond acceptors (Lipinski definition) is 3. The van der Waals surface area contributed by atoms with Crippen molar-refractivity contribution in [2.45, 2.75) is 33.4 Å². The molecule has 106 valence electrons. The zero-order valence-corrected chi connectivity index (χ0v) is 13.4. The summed E-state index contributed by atoms with van der Waals surface area (Å²) in [5.41, 5.74) is 7.29. The molecular formula is C14H21BrN2O2. The Balaban J connectivity index is 2.94. The SMILES string of the molecule is COCc1c(Br)cccc1NC(=O)[C@H](N)C(C)(C)C. The maximum atomic E-state index is 12.1. The van der Waals surface area contributed by atoms with Gasteiger partial charge < -0.3 is 15.8 Å². The van der Waals surface area contributed by atoms with Crippen LogP contribution < -0.4 is 11.1 Å². The number of ether oxygens (including phenoxy) is 1. The van der Waals surface area contributed by atoms with Crippen LogP contribution in [0.1, 0.15) is 26.3 Å². The minimum Gasteiger partial charge on any atom is -0.380 e. The smallest absolute Gasteiger partial charge is 0.241 e. The van der Waals surface area contributed by atoms with Crippen LogP contribution in [0.4, 0.5) is 5.69 Å². The van der Waals surface area contributed by atoms with Crippen molar-refractivity contribution < 1.29 is 9.53 Å². The molecule has 0 fully saturated rings. The number of hydrogen-bond donors (Lipinski definition) is 2. The molecule has 1 aromatic rings. The van der Waals surface area contributed by atoms with Gasteiger partial charge in [-0.15, -0.1) is 0 Å². The van der Waals surface area contributed by atoms with E-state index in [1.54, 1.807) is 7.11 Å². The predicted octanol–water partition coefficient (Wildman–Crippen LogP) is 2.91. The van der Waals surface area contributed by atoms with Crippen LogP contribution in [-0.4, -0.2) is 19.1 Å². The van der Waals surface area contributed by atoms with E-state index in [1.165, 1.54) is 0 Å². The Morgan fingerprint density at radius 2 is 2.11 bits per heavy atom. The van der Waals surface area contributed by atoms with Crippen LogP contribution in [0, 0.1) is 5.41 Å². The second-order valence-electron chi connectivity index (χ2n) is 5.53. The van der Waals surface area contributed by atoms with Crippen LogP contribution in [0.25, 0.3) is 0 Å². The third-order valence-electron chi connectivity index (χ3n) is 2.88. The molecular weight excluding hydrogens is 308 g/mol. The summed E-state index contributed by atoms with van der Waals surface area (Å²) in [7, 11) is 1.62. The molecule has 0 radical (unpaired) electrons. The van der Waals surface area contributed by atoms with Crippen molar-refractivity contribution in [2.75, 3.05) is 12.4 Å². The molecule has 1 amide bonds. The summed E-state index contributed by atoms with van der Waals surface area (Å²) in [6.07, 6.45) is 0. The number of carbonyl (C=O) groups is 1. The highest BCUT2D eigenvalue weighted by atomic mass is 79.9. The maximum Gasteiger partial charge on any atom is 0.241 e. The first kappa shape index (κ1) is 16.1. The highest BCUT2D eigenvalue weighted by Gasteiger charge is 2.27. The van der Waals surface area contributed by atoms with E-state index >= 15 is 0 Å². The van der Waals surface area contributed by atoms with E-state index in [-0.39, 0.29) is 11.3 Å². The molecule has 0 bridgehead atoms. The van der Waals surface area contributed by atoms with Crippen LogP contribution in [0.3, 0.4) is 0 Å². The number of amides is 1. The van der Waals surface area contributed by atoms with E-state index in [4.69, 9.17) is 10.5 Å². The summed E-state index contributed by atoms with van der Waals surface area (Å²) in [5.74, 6) is -0.192. The molecule has 0 saturated carbocycles. The lowest BCUT2D eigenvalue weighted by Crippen LogP contribution is -2.45. The fourth-order valence-corrected chi connectivity index (χ4v) is 2.05. The summed E-state index contributed by atoms with van der Waals surface area (Å²) in [6, 6.07) is 5.04. The molecule has 1 atom stereocenters. The van der Waals surface area contributed by atoms with Gasteiger partial charge in [0.1, 0.15) is 0 Å². The predicted molar refractivity (Wildman–Crippen MR) is 80.9 cm³/mol. The standard InChI is InChI=1S/C14H21BrN2O2/c1-14(2,3)12(16)13(18)17-11-7-5-6-10(15)9(11)8-19-4/h5-7,12H,8,16H2,1-4H3,(H,17,18)/t12-/m0/s1. The molecule has 0 spiro atoms. The molecule has 0 aliphatic rings. The Labute approximate surface area is 122 Å². The number of nitrogens with two attached hydrogens (primary N) is 1. The van der Waals surface area contributed by atoms with Gasteiger partial charge in [-0.05, 0) is 17.5 Å². The van der Waals surface area contributed by atoms with Crippen molar-refractivity contribution in [3.05, 3.63) is 28.2 Å². The van der Waals surface area contributed by atoms with E-state index in [2.05, 4.69) is 21.2 Å². The van der Waals surface area contributed by atoms with Gasteiger partial charge >= 0.3 is 0 Å². The maximum absolute atomic E-state index is 12.1. The molecule has 5 heteroatoms. The van der Waals surface area contributed by atoms with Gasteiger partial charge in [0, 0.05) is 22.8 Å². The van der Waals surface area contributed by atoms with Crippen molar-refractivity contribution in [3.63, 3.8) is 0 Å². The third kappa shape index (κ3) is 4.30.